The Kier molecular flexibility index (Phi) is 3.54. The molecule has 2 heterocycles. The monoisotopic (exact) mass is 270 g/mol. The third kappa shape index (κ3) is 2.24. The molecule has 0 saturated carbocycles. The van der Waals surface area contributed by atoms with E-state index < -0.39 is 0 Å². The highest BCUT2D eigenvalue weighted by Gasteiger charge is 2.16. The summed E-state index contributed by atoms with van der Waals surface area (Å²) in [6, 6.07) is 0. The molecule has 0 aliphatic carbocycles. The van der Waals surface area contributed by atoms with Crippen LogP contribution < -0.4 is 5.56 Å². The lowest BCUT2D eigenvalue weighted by Crippen LogP contribution is -2.13. The summed E-state index contributed by atoms with van der Waals surface area (Å²) in [5, 5.41) is 2.50. The fourth-order valence-corrected chi connectivity index (χ4v) is 2.97. The van der Waals surface area contributed by atoms with Crippen molar-refractivity contribution in [3.63, 3.8) is 0 Å². The smallest absolute Gasteiger partial charge is 0.259 e. The topological polar surface area (TPSA) is 45.8 Å². The van der Waals surface area contributed by atoms with Crippen LogP contribution in [0.1, 0.15) is 49.9 Å². The van der Waals surface area contributed by atoms with Crippen LogP contribution in [-0.2, 0) is 0 Å². The molecule has 17 heavy (non-hydrogen) atoms. The summed E-state index contributed by atoms with van der Waals surface area (Å²) >= 11 is 7.61. The number of rotatable bonds is 3. The van der Waals surface area contributed by atoms with Crippen molar-refractivity contribution in [2.24, 2.45) is 0 Å². The molecule has 1 unspecified atom stereocenters. The zero-order valence-corrected chi connectivity index (χ0v) is 11.7. The predicted octanol–water partition coefficient (Wildman–Crippen LogP) is 3.80. The van der Waals surface area contributed by atoms with E-state index in [9.17, 15) is 4.79 Å². The second-order valence-electron chi connectivity index (χ2n) is 4.35. The lowest BCUT2D eigenvalue weighted by atomic mass is 10.0. The summed E-state index contributed by atoms with van der Waals surface area (Å²) in [7, 11) is 0. The number of alkyl halides is 1. The number of halogens is 1. The van der Waals surface area contributed by atoms with Crippen LogP contribution in [0.2, 0.25) is 0 Å². The van der Waals surface area contributed by atoms with Crippen molar-refractivity contribution in [2.75, 3.05) is 0 Å². The first kappa shape index (κ1) is 12.6. The first-order valence-electron chi connectivity index (χ1n) is 5.70. The van der Waals surface area contributed by atoms with Gasteiger partial charge in [0.05, 0.1) is 10.8 Å². The van der Waals surface area contributed by atoms with Gasteiger partial charge in [0.25, 0.3) is 5.56 Å². The van der Waals surface area contributed by atoms with E-state index in [2.05, 4.69) is 23.8 Å². The number of H-pyrrole nitrogens is 1. The van der Waals surface area contributed by atoms with Crippen LogP contribution in [0.4, 0.5) is 0 Å². The molecule has 1 atom stereocenters. The maximum absolute atomic E-state index is 12.1. The van der Waals surface area contributed by atoms with Crippen molar-refractivity contribution in [1.29, 1.82) is 0 Å². The first-order valence-corrected chi connectivity index (χ1v) is 7.01. The molecule has 3 nitrogen and oxygen atoms in total. The molecular formula is C12H15ClN2OS. The van der Waals surface area contributed by atoms with Crippen molar-refractivity contribution >= 4 is 33.2 Å². The van der Waals surface area contributed by atoms with Crippen molar-refractivity contribution in [1.82, 2.24) is 9.97 Å². The van der Waals surface area contributed by atoms with Crippen LogP contribution in [0.5, 0.6) is 0 Å². The van der Waals surface area contributed by atoms with Gasteiger partial charge in [-0.1, -0.05) is 20.8 Å². The van der Waals surface area contributed by atoms with Gasteiger partial charge in [0.1, 0.15) is 10.7 Å². The quantitative estimate of drug-likeness (QED) is 0.863. The number of nitrogens with zero attached hydrogens (tertiary/aromatic N) is 1. The van der Waals surface area contributed by atoms with Crippen molar-refractivity contribution in [3.8, 4) is 0 Å². The van der Waals surface area contributed by atoms with E-state index in [0.29, 0.717) is 17.1 Å². The van der Waals surface area contributed by atoms with Crippen molar-refractivity contribution < 1.29 is 0 Å². The van der Waals surface area contributed by atoms with Gasteiger partial charge in [0.2, 0.25) is 0 Å². The summed E-state index contributed by atoms with van der Waals surface area (Å²) in [6.45, 7) is 6.12. The molecule has 2 aromatic rings. The molecule has 0 amide bonds. The Labute approximate surface area is 109 Å². The highest BCUT2D eigenvalue weighted by molar-refractivity contribution is 7.16. The molecule has 0 spiro atoms. The SMILES string of the molecule is CCC(Cl)c1nc2scc(C(C)C)c2c(=O)[nH]1. The van der Waals surface area contributed by atoms with Crippen LogP contribution in [0.3, 0.4) is 0 Å². The molecule has 0 aliphatic rings. The van der Waals surface area contributed by atoms with Gasteiger partial charge >= 0.3 is 0 Å². The molecule has 0 radical (unpaired) electrons. The minimum atomic E-state index is -0.225. The fourth-order valence-electron chi connectivity index (χ4n) is 1.75. The fraction of sp³-hybridized carbons (Fsp3) is 0.500. The van der Waals surface area contributed by atoms with Crippen LogP contribution in [-0.4, -0.2) is 9.97 Å². The van der Waals surface area contributed by atoms with Crippen molar-refractivity contribution in [3.05, 3.63) is 27.1 Å². The second-order valence-corrected chi connectivity index (χ2v) is 5.74. The Morgan fingerprint density at radius 2 is 2.24 bits per heavy atom. The average Bonchev–Trinajstić information content (AvgIpc) is 2.72. The van der Waals surface area contributed by atoms with E-state index in [-0.39, 0.29) is 10.9 Å². The molecule has 0 aromatic carbocycles. The molecule has 0 saturated heterocycles. The summed E-state index contributed by atoms with van der Waals surface area (Å²) in [5.41, 5.74) is 0.988. The predicted molar refractivity (Wildman–Crippen MR) is 73.2 cm³/mol. The Morgan fingerprint density at radius 1 is 1.53 bits per heavy atom. The van der Waals surface area contributed by atoms with Gasteiger partial charge in [-0.3, -0.25) is 4.79 Å². The van der Waals surface area contributed by atoms with E-state index in [0.717, 1.165) is 16.8 Å². The Hall–Kier alpha value is -0.870. The summed E-state index contributed by atoms with van der Waals surface area (Å²) in [4.78, 5) is 20.1. The minimum absolute atomic E-state index is 0.0750. The third-order valence-electron chi connectivity index (χ3n) is 2.77. The first-order chi connectivity index (χ1) is 8.04. The molecular weight excluding hydrogens is 256 g/mol. The van der Waals surface area contributed by atoms with Gasteiger partial charge in [-0.15, -0.1) is 22.9 Å². The highest BCUT2D eigenvalue weighted by atomic mass is 35.5. The van der Waals surface area contributed by atoms with Crippen LogP contribution >= 0.6 is 22.9 Å². The van der Waals surface area contributed by atoms with Gasteiger partial charge in [-0.25, -0.2) is 4.98 Å². The molecule has 5 heteroatoms. The van der Waals surface area contributed by atoms with Crippen LogP contribution in [0.25, 0.3) is 10.2 Å². The normalized spacial score (nSPS) is 13.5. The van der Waals surface area contributed by atoms with Gasteiger partial charge < -0.3 is 4.98 Å². The molecule has 2 rings (SSSR count). The number of thiophene rings is 1. The van der Waals surface area contributed by atoms with E-state index in [4.69, 9.17) is 11.6 Å². The van der Waals surface area contributed by atoms with E-state index in [1.54, 1.807) is 0 Å². The molecule has 1 N–H and O–H groups in total. The number of aromatic nitrogens is 2. The van der Waals surface area contributed by atoms with Gasteiger partial charge in [-0.05, 0) is 23.3 Å². The lowest BCUT2D eigenvalue weighted by Gasteiger charge is -2.06. The maximum atomic E-state index is 12.1. The Morgan fingerprint density at radius 3 is 2.82 bits per heavy atom. The molecule has 2 aromatic heterocycles. The maximum Gasteiger partial charge on any atom is 0.259 e. The van der Waals surface area contributed by atoms with Gasteiger partial charge in [-0.2, -0.15) is 0 Å². The van der Waals surface area contributed by atoms with E-state index in [1.807, 2.05) is 12.3 Å². The largest absolute Gasteiger partial charge is 0.309 e. The van der Waals surface area contributed by atoms with Crippen LogP contribution in [0.15, 0.2) is 10.2 Å². The van der Waals surface area contributed by atoms with Crippen LogP contribution in [0, 0.1) is 0 Å². The van der Waals surface area contributed by atoms with Gasteiger partial charge in [0.15, 0.2) is 0 Å². The average molecular weight is 271 g/mol. The minimum Gasteiger partial charge on any atom is -0.309 e. The summed E-state index contributed by atoms with van der Waals surface area (Å²) < 4.78 is 0. The second kappa shape index (κ2) is 4.78. The molecule has 0 aliphatic heterocycles. The highest BCUT2D eigenvalue weighted by Crippen LogP contribution is 2.29. The lowest BCUT2D eigenvalue weighted by molar-refractivity contribution is 0.805. The molecule has 0 bridgehead atoms. The standard InChI is InChI=1S/C12H15ClN2OS/c1-4-8(13)10-14-11(16)9-7(6(2)3)5-17-12(9)15-10/h5-6,8H,4H2,1-3H3,(H,14,15,16). The van der Waals surface area contributed by atoms with E-state index in [1.165, 1.54) is 11.3 Å². The molecule has 92 valence electrons. The number of aromatic amines is 1. The summed E-state index contributed by atoms with van der Waals surface area (Å²) in [6.07, 6.45) is 0.748. The number of hydrogen-bond donors (Lipinski definition) is 1. The Bertz CT molecular complexity index is 588. The van der Waals surface area contributed by atoms with Crippen molar-refractivity contribution in [2.45, 2.75) is 38.5 Å². The number of nitrogens with one attached hydrogen (secondary N) is 1. The zero-order valence-electron chi connectivity index (χ0n) is 10.1. The number of hydrogen-bond acceptors (Lipinski definition) is 3. The Balaban J connectivity index is 2.66. The third-order valence-corrected chi connectivity index (χ3v) is 4.17. The molecule has 0 fully saturated rings. The summed E-state index contributed by atoms with van der Waals surface area (Å²) in [5.74, 6) is 0.902. The van der Waals surface area contributed by atoms with E-state index >= 15 is 0 Å². The zero-order chi connectivity index (χ0) is 12.6. The number of fused-ring (bicyclic) bond motifs is 1. The van der Waals surface area contributed by atoms with Gasteiger partial charge in [0, 0.05) is 0 Å².